The summed E-state index contributed by atoms with van der Waals surface area (Å²) in [6.07, 6.45) is -46.3. The van der Waals surface area contributed by atoms with E-state index in [2.05, 4.69) is 0 Å². The third-order valence-electron chi connectivity index (χ3n) is 12.4. The molecule has 0 saturated carbocycles. The summed E-state index contributed by atoms with van der Waals surface area (Å²) in [5.74, 6) is 0. The zero-order valence-electron chi connectivity index (χ0n) is 33.6. The molecule has 12 N–H and O–H groups in total. The van der Waals surface area contributed by atoms with Crippen LogP contribution in [-0.2, 0) is 56.8 Å². The van der Waals surface area contributed by atoms with E-state index in [1.54, 1.807) is 0 Å². The van der Waals surface area contributed by atoms with Crippen LogP contribution in [0.4, 0.5) is 0 Å². The summed E-state index contributed by atoms with van der Waals surface area (Å²) < 4.78 is 70.0. The van der Waals surface area contributed by atoms with Crippen LogP contribution < -0.4 is 0 Å². The molecule has 348 valence electrons. The predicted molar refractivity (Wildman–Crippen MR) is 187 cm³/mol. The fraction of sp³-hybridized carbons (Fsp3) is 1.00. The first kappa shape index (κ1) is 47.0. The van der Waals surface area contributed by atoms with Gasteiger partial charge in [0.1, 0.15) is 110 Å². The standard InChI is InChI=1S/C36H60O24/c1-7-25-13(37)19(43)31(49-7)56-26-8(2)51-33(21(45)15(26)39)58-28-10(4)53-35(23(47)17(28)41)60-30-12(6)54-36(24(48)18(30)42)59-29-11(5)52-34(22(46)16(29)40)57-27-9(3)50-32(55-25)20(44)14(27)38/h7-48H,1-6H3/t7?,8?,9?,10?,11?,12?,13-,14-,15-,16-,17-,18-,19?,20?,21?,22?,23?,24?,25-,26-,27-,28-,29-,30-,31-,32-,33-,34-,35-,36+/m1/s1. The summed E-state index contributed by atoms with van der Waals surface area (Å²) in [6.45, 7) is 8.69. The smallest absolute Gasteiger partial charge is 0.187 e. The molecule has 24 nitrogen and oxygen atoms in total. The molecule has 0 amide bonds. The molecule has 24 heteroatoms. The van der Waals surface area contributed by atoms with Crippen molar-refractivity contribution in [2.24, 2.45) is 0 Å². The van der Waals surface area contributed by atoms with Crippen molar-refractivity contribution in [1.82, 2.24) is 0 Å². The maximum atomic E-state index is 11.2. The van der Waals surface area contributed by atoms with Gasteiger partial charge < -0.3 is 118 Å². The molecule has 22 heterocycles. The van der Waals surface area contributed by atoms with Crippen molar-refractivity contribution < 1.29 is 118 Å². The van der Waals surface area contributed by atoms with E-state index in [0.29, 0.717) is 0 Å². The molecule has 0 aromatic heterocycles. The topological polar surface area (TPSA) is 354 Å². The lowest BCUT2D eigenvalue weighted by Gasteiger charge is -2.50. The largest absolute Gasteiger partial charge is 0.387 e. The van der Waals surface area contributed by atoms with Crippen molar-refractivity contribution in [1.29, 1.82) is 0 Å². The Morgan fingerprint density at radius 1 is 0.183 bits per heavy atom. The number of ether oxygens (including phenoxy) is 12. The zero-order chi connectivity index (χ0) is 43.8. The van der Waals surface area contributed by atoms with Gasteiger partial charge in [0.2, 0.25) is 0 Å². The molecule has 22 rings (SSSR count). The van der Waals surface area contributed by atoms with Crippen molar-refractivity contribution in [3.63, 3.8) is 0 Å². The van der Waals surface area contributed by atoms with Crippen LogP contribution >= 0.6 is 0 Å². The summed E-state index contributed by atoms with van der Waals surface area (Å²) in [6, 6.07) is 0. The number of aliphatic hydroxyl groups excluding tert-OH is 12. The third-order valence-corrected chi connectivity index (χ3v) is 12.4. The Morgan fingerprint density at radius 3 is 0.417 bits per heavy atom. The molecule has 0 spiro atoms. The van der Waals surface area contributed by atoms with Gasteiger partial charge >= 0.3 is 0 Å². The van der Waals surface area contributed by atoms with Crippen LogP contribution in [0.3, 0.4) is 0 Å². The van der Waals surface area contributed by atoms with Gasteiger partial charge in [0, 0.05) is 0 Å². The molecular formula is C36H60O24. The fourth-order valence-corrected chi connectivity index (χ4v) is 8.77. The highest BCUT2D eigenvalue weighted by Gasteiger charge is 2.57. The molecule has 12 unspecified atom stereocenters. The van der Waals surface area contributed by atoms with Crippen LogP contribution in [0.1, 0.15) is 41.5 Å². The van der Waals surface area contributed by atoms with E-state index in [-0.39, 0.29) is 0 Å². The first-order chi connectivity index (χ1) is 28.2. The van der Waals surface area contributed by atoms with Gasteiger partial charge in [0.05, 0.1) is 36.6 Å². The van der Waals surface area contributed by atoms with Gasteiger partial charge in [-0.25, -0.2) is 0 Å². The van der Waals surface area contributed by atoms with Gasteiger partial charge in [-0.05, 0) is 41.5 Å². The Kier molecular flexibility index (Phi) is 14.5. The number of rotatable bonds is 0. The van der Waals surface area contributed by atoms with Gasteiger partial charge in [-0.3, -0.25) is 0 Å². The summed E-state index contributed by atoms with van der Waals surface area (Å²) in [4.78, 5) is 0. The average molecular weight is 877 g/mol. The van der Waals surface area contributed by atoms with Crippen LogP contribution in [0, 0.1) is 0 Å². The molecule has 22 aliphatic rings. The third kappa shape index (κ3) is 8.76. The first-order valence-corrected chi connectivity index (χ1v) is 20.2. The second-order valence-electron chi connectivity index (χ2n) is 16.7. The normalized spacial score (nSPS) is 59.7. The van der Waals surface area contributed by atoms with Crippen LogP contribution in [0.25, 0.3) is 0 Å². The van der Waals surface area contributed by atoms with Crippen LogP contribution in [-0.4, -0.2) is 246 Å². The maximum Gasteiger partial charge on any atom is 0.187 e. The van der Waals surface area contributed by atoms with E-state index in [0.717, 1.165) is 0 Å². The maximum absolute atomic E-state index is 11.2. The Hall–Kier alpha value is -0.960. The highest BCUT2D eigenvalue weighted by atomic mass is 16.8. The highest BCUT2D eigenvalue weighted by Crippen LogP contribution is 2.37. The Balaban J connectivity index is 1.14. The lowest BCUT2D eigenvalue weighted by molar-refractivity contribution is -0.397. The Bertz CT molecular complexity index is 1160. The minimum Gasteiger partial charge on any atom is -0.387 e. The minimum atomic E-state index is -1.84. The Labute approximate surface area is 343 Å². The van der Waals surface area contributed by atoms with Gasteiger partial charge in [-0.2, -0.15) is 0 Å². The minimum absolute atomic E-state index is 1.09. The summed E-state index contributed by atoms with van der Waals surface area (Å²) in [7, 11) is 0. The van der Waals surface area contributed by atoms with E-state index in [1.165, 1.54) is 41.5 Å². The quantitative estimate of drug-likeness (QED) is 0.108. The number of hydrogen-bond donors (Lipinski definition) is 12. The van der Waals surface area contributed by atoms with Crippen molar-refractivity contribution in [2.45, 2.75) is 226 Å². The zero-order valence-corrected chi connectivity index (χ0v) is 33.6. The second kappa shape index (κ2) is 18.5. The molecule has 60 heavy (non-hydrogen) atoms. The average Bonchev–Trinajstić information content (AvgIpc) is 3.19. The van der Waals surface area contributed by atoms with Gasteiger partial charge in [-0.15, -0.1) is 0 Å². The van der Waals surface area contributed by atoms with E-state index in [9.17, 15) is 61.3 Å². The van der Waals surface area contributed by atoms with E-state index >= 15 is 0 Å². The Morgan fingerprint density at radius 2 is 0.300 bits per heavy atom. The molecule has 22 fully saturated rings. The molecule has 12 bridgehead atoms. The summed E-state index contributed by atoms with van der Waals surface area (Å²) >= 11 is 0. The number of aliphatic hydroxyl groups is 12. The summed E-state index contributed by atoms with van der Waals surface area (Å²) in [5, 5.41) is 134. The van der Waals surface area contributed by atoms with Crippen molar-refractivity contribution >= 4 is 0 Å². The van der Waals surface area contributed by atoms with Crippen molar-refractivity contribution in [3.8, 4) is 0 Å². The predicted octanol–water partition coefficient (Wildman–Crippen LogP) is -6.89. The van der Waals surface area contributed by atoms with Crippen molar-refractivity contribution in [2.75, 3.05) is 0 Å². The second-order valence-corrected chi connectivity index (χ2v) is 16.7. The fourth-order valence-electron chi connectivity index (χ4n) is 8.77. The molecular weight excluding hydrogens is 816 g/mol. The lowest BCUT2D eigenvalue weighted by atomic mass is 9.95. The van der Waals surface area contributed by atoms with Crippen molar-refractivity contribution in [3.05, 3.63) is 0 Å². The van der Waals surface area contributed by atoms with E-state index < -0.39 is 184 Å². The van der Waals surface area contributed by atoms with Gasteiger partial charge in [0.25, 0.3) is 0 Å². The highest BCUT2D eigenvalue weighted by molar-refractivity contribution is 4.99. The van der Waals surface area contributed by atoms with Crippen LogP contribution in [0.5, 0.6) is 0 Å². The summed E-state index contributed by atoms with van der Waals surface area (Å²) in [5.41, 5.74) is 0. The SMILES string of the molecule is CC1O[C@@H]2O[C@@H]3C(C)O[C@H](O[C@@H]4C(C)O[C@H](O[C@@H]5C(C)O[C@@H](O[C@@H]6C(C)O[C@H](O[C@@H]7C(C)O[C@H](O[C@H]1[C@H](O)C2O)C(O)[C@H]7O)C(O)[C@H]6O)C(O)[C@H]5O)C(O)[C@H]4O)C(O)[C@H]3O. The molecule has 22 aliphatic heterocycles. The van der Waals surface area contributed by atoms with Gasteiger partial charge in [0.15, 0.2) is 37.7 Å². The lowest BCUT2D eigenvalue weighted by Crippen LogP contribution is -2.67. The molecule has 0 aromatic rings. The number of hydrogen-bond acceptors (Lipinski definition) is 24. The molecule has 0 aromatic carbocycles. The molecule has 0 radical (unpaired) electrons. The van der Waals surface area contributed by atoms with Crippen LogP contribution in [0.2, 0.25) is 0 Å². The monoisotopic (exact) mass is 876 g/mol. The first-order valence-electron chi connectivity index (χ1n) is 20.2. The van der Waals surface area contributed by atoms with Gasteiger partial charge in [-0.1, -0.05) is 0 Å². The molecule has 22 saturated heterocycles. The van der Waals surface area contributed by atoms with E-state index in [4.69, 9.17) is 56.8 Å². The van der Waals surface area contributed by atoms with E-state index in [1.807, 2.05) is 0 Å². The molecule has 0 aliphatic carbocycles. The molecule has 30 atom stereocenters. The van der Waals surface area contributed by atoms with Crippen LogP contribution in [0.15, 0.2) is 0 Å².